The van der Waals surface area contributed by atoms with E-state index in [4.69, 9.17) is 10.5 Å². The first-order valence-corrected chi connectivity index (χ1v) is 12.8. The Kier molecular flexibility index (Phi) is 10.1. The summed E-state index contributed by atoms with van der Waals surface area (Å²) < 4.78 is 5.93. The van der Waals surface area contributed by atoms with E-state index in [-0.39, 0.29) is 18.9 Å². The number of hydrogen-bond donors (Lipinski definition) is 2. The number of pyridine rings is 1. The molecule has 3 rings (SSSR count). The molecule has 1 atom stereocenters. The van der Waals surface area contributed by atoms with Crippen molar-refractivity contribution in [3.05, 3.63) is 90.3 Å². The summed E-state index contributed by atoms with van der Waals surface area (Å²) in [5.74, 6) is 0.428. The van der Waals surface area contributed by atoms with E-state index in [0.29, 0.717) is 25.5 Å². The lowest BCUT2D eigenvalue weighted by atomic mass is 9.98. The summed E-state index contributed by atoms with van der Waals surface area (Å²) in [4.78, 5) is 31.7. The van der Waals surface area contributed by atoms with E-state index in [9.17, 15) is 9.59 Å². The average Bonchev–Trinajstić information content (AvgIpc) is 2.90. The summed E-state index contributed by atoms with van der Waals surface area (Å²) in [7, 11) is 0. The first-order valence-electron chi connectivity index (χ1n) is 12.8. The molecule has 0 aliphatic heterocycles. The van der Waals surface area contributed by atoms with Crippen molar-refractivity contribution in [1.82, 2.24) is 10.3 Å². The molecule has 0 spiro atoms. The zero-order chi connectivity index (χ0) is 26.7. The number of benzene rings is 2. The van der Waals surface area contributed by atoms with Gasteiger partial charge in [-0.3, -0.25) is 14.6 Å². The second-order valence-electron chi connectivity index (χ2n) is 9.94. The van der Waals surface area contributed by atoms with Gasteiger partial charge in [-0.25, -0.2) is 0 Å². The first kappa shape index (κ1) is 27.7. The quantitative estimate of drug-likeness (QED) is 0.338. The summed E-state index contributed by atoms with van der Waals surface area (Å²) in [6.07, 6.45) is 3.34. The fraction of sp³-hybridized carbons (Fsp3) is 0.367. The Morgan fingerprint density at radius 1 is 1.03 bits per heavy atom. The van der Waals surface area contributed by atoms with Crippen molar-refractivity contribution in [3.63, 3.8) is 0 Å². The highest BCUT2D eigenvalue weighted by atomic mass is 16.5. The number of aromatic nitrogens is 1. The van der Waals surface area contributed by atoms with Crippen molar-refractivity contribution in [1.29, 1.82) is 0 Å². The zero-order valence-electron chi connectivity index (χ0n) is 22.0. The van der Waals surface area contributed by atoms with Crippen LogP contribution in [0.4, 0.5) is 5.69 Å². The van der Waals surface area contributed by atoms with Crippen LogP contribution in [0.15, 0.2) is 79.0 Å². The molecule has 196 valence electrons. The molecule has 3 N–H and O–H groups in total. The van der Waals surface area contributed by atoms with Crippen LogP contribution in [0.3, 0.4) is 0 Å². The lowest BCUT2D eigenvalue weighted by molar-refractivity contribution is -0.130. The van der Waals surface area contributed by atoms with Crippen molar-refractivity contribution < 1.29 is 14.3 Å². The number of amides is 2. The number of nitrogens with one attached hydrogen (secondary N) is 1. The predicted octanol–water partition coefficient (Wildman–Crippen LogP) is 4.51. The number of rotatable bonds is 14. The smallest absolute Gasteiger partial charge is 0.244 e. The second-order valence-corrected chi connectivity index (χ2v) is 9.94. The lowest BCUT2D eigenvalue weighted by Gasteiger charge is -2.35. The molecule has 0 radical (unpaired) electrons. The molecule has 3 aromatic rings. The van der Waals surface area contributed by atoms with Crippen LogP contribution in [-0.4, -0.2) is 35.4 Å². The monoisotopic (exact) mass is 502 g/mol. The van der Waals surface area contributed by atoms with Gasteiger partial charge in [-0.05, 0) is 67.6 Å². The number of hydrogen-bond acceptors (Lipinski definition) is 5. The number of carbonyl (C=O) groups is 2. The van der Waals surface area contributed by atoms with Crippen LogP contribution in [-0.2, 0) is 22.6 Å². The van der Waals surface area contributed by atoms with Gasteiger partial charge in [0.1, 0.15) is 17.9 Å². The van der Waals surface area contributed by atoms with E-state index in [2.05, 4.69) is 29.0 Å². The van der Waals surface area contributed by atoms with Crippen LogP contribution in [0, 0.1) is 5.92 Å². The van der Waals surface area contributed by atoms with Crippen LogP contribution >= 0.6 is 0 Å². The molecule has 0 saturated heterocycles. The highest BCUT2D eigenvalue weighted by molar-refractivity contribution is 5.90. The van der Waals surface area contributed by atoms with Gasteiger partial charge in [0.05, 0.1) is 0 Å². The van der Waals surface area contributed by atoms with Gasteiger partial charge in [0, 0.05) is 37.1 Å². The molecule has 1 heterocycles. The minimum Gasteiger partial charge on any atom is -0.489 e. The highest BCUT2D eigenvalue weighted by Gasteiger charge is 2.35. The standard InChI is InChI=1S/C30H38N4O3/c1-23(2)18-20-34(26-13-15-27(16-14-26)37-21-24-9-5-4-6-10-24)22-30(3,29(31)36)33-28(35)17-12-25-11-7-8-19-32-25/h4-11,13-16,19,23H,12,17-18,20-22H2,1-3H3,(H2,31,36)(H,33,35). The number of ether oxygens (including phenoxy) is 1. The molecule has 0 bridgehead atoms. The summed E-state index contributed by atoms with van der Waals surface area (Å²) in [6.45, 7) is 7.47. The molecule has 1 aromatic heterocycles. The van der Waals surface area contributed by atoms with Crippen LogP contribution in [0.2, 0.25) is 0 Å². The SMILES string of the molecule is CC(C)CCN(CC(C)(NC(=O)CCc1ccccn1)C(N)=O)c1ccc(OCc2ccccc2)cc1. The fourth-order valence-corrected chi connectivity index (χ4v) is 3.93. The largest absolute Gasteiger partial charge is 0.489 e. The summed E-state index contributed by atoms with van der Waals surface area (Å²) in [6, 6.07) is 23.4. The third kappa shape index (κ3) is 8.94. The van der Waals surface area contributed by atoms with Gasteiger partial charge in [0.15, 0.2) is 0 Å². The van der Waals surface area contributed by atoms with Crippen molar-refractivity contribution in [3.8, 4) is 5.75 Å². The van der Waals surface area contributed by atoms with E-state index < -0.39 is 11.4 Å². The molecular formula is C30H38N4O3. The third-order valence-electron chi connectivity index (χ3n) is 6.23. The van der Waals surface area contributed by atoms with E-state index in [0.717, 1.165) is 29.1 Å². The van der Waals surface area contributed by atoms with Crippen molar-refractivity contribution in [2.45, 2.75) is 52.2 Å². The number of primary amides is 1. The van der Waals surface area contributed by atoms with Crippen LogP contribution in [0.5, 0.6) is 5.75 Å². The Labute approximate surface area is 220 Å². The van der Waals surface area contributed by atoms with Gasteiger partial charge < -0.3 is 20.7 Å². The first-order chi connectivity index (χ1) is 17.7. The van der Waals surface area contributed by atoms with Crippen molar-refractivity contribution >= 4 is 17.5 Å². The lowest BCUT2D eigenvalue weighted by Crippen LogP contribution is -2.61. The molecule has 7 heteroatoms. The van der Waals surface area contributed by atoms with E-state index in [1.54, 1.807) is 13.1 Å². The number of nitrogens with zero attached hydrogens (tertiary/aromatic N) is 2. The third-order valence-corrected chi connectivity index (χ3v) is 6.23. The van der Waals surface area contributed by atoms with Gasteiger partial charge in [0.2, 0.25) is 11.8 Å². The van der Waals surface area contributed by atoms with Gasteiger partial charge in [-0.1, -0.05) is 50.2 Å². The number of aryl methyl sites for hydroxylation is 1. The Morgan fingerprint density at radius 3 is 2.35 bits per heavy atom. The molecule has 0 saturated carbocycles. The summed E-state index contributed by atoms with van der Waals surface area (Å²) >= 11 is 0. The van der Waals surface area contributed by atoms with E-state index >= 15 is 0 Å². The highest BCUT2D eigenvalue weighted by Crippen LogP contribution is 2.23. The minimum atomic E-state index is -1.24. The number of nitrogens with two attached hydrogens (primary N) is 1. The Bertz CT molecular complexity index is 1120. The van der Waals surface area contributed by atoms with Crippen LogP contribution < -0.4 is 20.7 Å². The Morgan fingerprint density at radius 2 is 1.73 bits per heavy atom. The van der Waals surface area contributed by atoms with Crippen molar-refractivity contribution in [2.75, 3.05) is 18.0 Å². The molecule has 2 aromatic carbocycles. The van der Waals surface area contributed by atoms with Gasteiger partial charge in [-0.15, -0.1) is 0 Å². The fourth-order valence-electron chi connectivity index (χ4n) is 3.93. The van der Waals surface area contributed by atoms with E-state index in [1.165, 1.54) is 0 Å². The predicted molar refractivity (Wildman–Crippen MR) is 147 cm³/mol. The molecule has 37 heavy (non-hydrogen) atoms. The maximum absolute atomic E-state index is 12.8. The topological polar surface area (TPSA) is 97.5 Å². The van der Waals surface area contributed by atoms with Gasteiger partial charge in [0.25, 0.3) is 0 Å². The molecular weight excluding hydrogens is 464 g/mol. The molecule has 0 fully saturated rings. The normalized spacial score (nSPS) is 12.5. The van der Waals surface area contributed by atoms with Gasteiger partial charge >= 0.3 is 0 Å². The van der Waals surface area contributed by atoms with Gasteiger partial charge in [-0.2, -0.15) is 0 Å². The molecule has 1 unspecified atom stereocenters. The van der Waals surface area contributed by atoms with Crippen LogP contribution in [0.1, 0.15) is 44.9 Å². The molecule has 0 aliphatic rings. The molecule has 2 amide bonds. The maximum atomic E-state index is 12.8. The minimum absolute atomic E-state index is 0.222. The number of anilines is 1. The Balaban J connectivity index is 1.68. The van der Waals surface area contributed by atoms with Crippen LogP contribution in [0.25, 0.3) is 0 Å². The average molecular weight is 503 g/mol. The Hall–Kier alpha value is -3.87. The van der Waals surface area contributed by atoms with E-state index in [1.807, 2.05) is 72.8 Å². The van der Waals surface area contributed by atoms with Crippen molar-refractivity contribution in [2.24, 2.45) is 11.7 Å². The molecule has 7 nitrogen and oxygen atoms in total. The summed E-state index contributed by atoms with van der Waals surface area (Å²) in [5, 5.41) is 2.89. The maximum Gasteiger partial charge on any atom is 0.244 e. The summed E-state index contributed by atoms with van der Waals surface area (Å²) in [5.41, 5.74) is 7.44. The zero-order valence-corrected chi connectivity index (χ0v) is 22.0. The number of carbonyl (C=O) groups excluding carboxylic acids is 2. The second kappa shape index (κ2) is 13.4. The molecule has 0 aliphatic carbocycles.